The standard InChI is InChI=1S/C12H14O4S/c1-4-8(9-6-5-7-17-9)10(11(13)15-2)12(14)16-3/h4-8,10H,1H2,2-3H3. The molecule has 0 fully saturated rings. The van der Waals surface area contributed by atoms with Crippen LogP contribution < -0.4 is 0 Å². The van der Waals surface area contributed by atoms with Crippen LogP contribution in [0.4, 0.5) is 0 Å². The molecule has 17 heavy (non-hydrogen) atoms. The van der Waals surface area contributed by atoms with Crippen LogP contribution in [0.5, 0.6) is 0 Å². The molecule has 1 atom stereocenters. The fourth-order valence-corrected chi connectivity index (χ4v) is 2.40. The van der Waals surface area contributed by atoms with E-state index in [4.69, 9.17) is 0 Å². The maximum absolute atomic E-state index is 11.6. The van der Waals surface area contributed by atoms with E-state index in [1.165, 1.54) is 25.6 Å². The highest BCUT2D eigenvalue weighted by Crippen LogP contribution is 2.31. The van der Waals surface area contributed by atoms with Gasteiger partial charge in [0, 0.05) is 10.8 Å². The molecule has 0 radical (unpaired) electrons. The van der Waals surface area contributed by atoms with E-state index in [1.807, 2.05) is 17.5 Å². The first-order chi connectivity index (χ1) is 8.15. The average Bonchev–Trinajstić information content (AvgIpc) is 2.87. The third kappa shape index (κ3) is 2.94. The molecule has 0 saturated carbocycles. The molecule has 0 N–H and O–H groups in total. The first kappa shape index (κ1) is 13.4. The summed E-state index contributed by atoms with van der Waals surface area (Å²) in [5, 5.41) is 1.87. The van der Waals surface area contributed by atoms with Gasteiger partial charge in [-0.2, -0.15) is 0 Å². The molecule has 0 aliphatic carbocycles. The predicted octanol–water partition coefficient (Wildman–Crippen LogP) is 1.98. The Balaban J connectivity index is 3.06. The summed E-state index contributed by atoms with van der Waals surface area (Å²) in [5.41, 5.74) is 0. The van der Waals surface area contributed by atoms with E-state index >= 15 is 0 Å². The van der Waals surface area contributed by atoms with E-state index in [0.717, 1.165) is 4.88 Å². The first-order valence-corrected chi connectivity index (χ1v) is 5.85. The van der Waals surface area contributed by atoms with Gasteiger partial charge in [0.05, 0.1) is 14.2 Å². The monoisotopic (exact) mass is 254 g/mol. The first-order valence-electron chi connectivity index (χ1n) is 4.97. The summed E-state index contributed by atoms with van der Waals surface area (Å²) in [6, 6.07) is 3.69. The summed E-state index contributed by atoms with van der Waals surface area (Å²) in [6.07, 6.45) is 1.56. The van der Waals surface area contributed by atoms with Gasteiger partial charge in [0.25, 0.3) is 0 Å². The minimum Gasteiger partial charge on any atom is -0.468 e. The molecular formula is C12H14O4S. The number of allylic oxidation sites excluding steroid dienone is 1. The zero-order chi connectivity index (χ0) is 12.8. The van der Waals surface area contributed by atoms with E-state index < -0.39 is 23.8 Å². The van der Waals surface area contributed by atoms with Crippen molar-refractivity contribution in [2.24, 2.45) is 5.92 Å². The molecule has 0 aliphatic heterocycles. The van der Waals surface area contributed by atoms with Crippen molar-refractivity contribution in [2.45, 2.75) is 5.92 Å². The number of hydrogen-bond donors (Lipinski definition) is 0. The zero-order valence-electron chi connectivity index (χ0n) is 9.71. The minimum absolute atomic E-state index is 0.421. The minimum atomic E-state index is -0.999. The van der Waals surface area contributed by atoms with Crippen LogP contribution in [0.25, 0.3) is 0 Å². The molecule has 0 aromatic carbocycles. The number of carbonyl (C=O) groups is 2. The molecule has 1 heterocycles. The summed E-state index contributed by atoms with van der Waals surface area (Å²) >= 11 is 1.45. The van der Waals surface area contributed by atoms with Crippen molar-refractivity contribution in [3.05, 3.63) is 35.0 Å². The van der Waals surface area contributed by atoms with Crippen LogP contribution in [0.2, 0.25) is 0 Å². The maximum atomic E-state index is 11.6. The molecule has 1 unspecified atom stereocenters. The van der Waals surface area contributed by atoms with Crippen LogP contribution >= 0.6 is 11.3 Å². The number of esters is 2. The smallest absolute Gasteiger partial charge is 0.321 e. The van der Waals surface area contributed by atoms with E-state index in [0.29, 0.717) is 0 Å². The molecule has 0 saturated heterocycles. The van der Waals surface area contributed by atoms with Crippen molar-refractivity contribution >= 4 is 23.3 Å². The van der Waals surface area contributed by atoms with Crippen LogP contribution in [0.15, 0.2) is 30.2 Å². The molecule has 0 spiro atoms. The Morgan fingerprint density at radius 2 is 1.94 bits per heavy atom. The van der Waals surface area contributed by atoms with Gasteiger partial charge < -0.3 is 9.47 Å². The van der Waals surface area contributed by atoms with Crippen molar-refractivity contribution in [2.75, 3.05) is 14.2 Å². The van der Waals surface area contributed by atoms with Crippen LogP contribution in [0, 0.1) is 5.92 Å². The molecule has 0 amide bonds. The van der Waals surface area contributed by atoms with Crippen LogP contribution in [0.1, 0.15) is 10.8 Å². The normalized spacial score (nSPS) is 11.9. The van der Waals surface area contributed by atoms with Gasteiger partial charge in [-0.25, -0.2) is 0 Å². The largest absolute Gasteiger partial charge is 0.468 e. The fourth-order valence-electron chi connectivity index (χ4n) is 1.54. The second-order valence-electron chi connectivity index (χ2n) is 3.30. The fraction of sp³-hybridized carbons (Fsp3) is 0.333. The summed E-state index contributed by atoms with van der Waals surface area (Å²) in [7, 11) is 2.49. The van der Waals surface area contributed by atoms with Gasteiger partial charge in [0.1, 0.15) is 0 Å². The molecule has 1 rings (SSSR count). The second-order valence-corrected chi connectivity index (χ2v) is 4.28. The van der Waals surface area contributed by atoms with Crippen molar-refractivity contribution in [3.8, 4) is 0 Å². The van der Waals surface area contributed by atoms with Crippen molar-refractivity contribution in [1.29, 1.82) is 0 Å². The Morgan fingerprint density at radius 3 is 2.29 bits per heavy atom. The molecule has 1 aromatic rings. The van der Waals surface area contributed by atoms with Crippen molar-refractivity contribution in [3.63, 3.8) is 0 Å². The van der Waals surface area contributed by atoms with Gasteiger partial charge in [-0.1, -0.05) is 12.1 Å². The van der Waals surface area contributed by atoms with E-state index in [2.05, 4.69) is 16.1 Å². The average molecular weight is 254 g/mol. The number of methoxy groups -OCH3 is 2. The van der Waals surface area contributed by atoms with Gasteiger partial charge in [0.2, 0.25) is 0 Å². The highest BCUT2D eigenvalue weighted by molar-refractivity contribution is 7.10. The van der Waals surface area contributed by atoms with Gasteiger partial charge in [-0.3, -0.25) is 9.59 Å². The lowest BCUT2D eigenvalue weighted by atomic mass is 9.91. The number of carbonyl (C=O) groups excluding carboxylic acids is 2. The molecule has 1 aromatic heterocycles. The maximum Gasteiger partial charge on any atom is 0.321 e. The number of thiophene rings is 1. The van der Waals surface area contributed by atoms with Gasteiger partial charge >= 0.3 is 11.9 Å². The summed E-state index contributed by atoms with van der Waals surface area (Å²) in [6.45, 7) is 3.66. The Kier molecular flexibility index (Phi) is 4.90. The number of hydrogen-bond acceptors (Lipinski definition) is 5. The quantitative estimate of drug-likeness (QED) is 0.458. The van der Waals surface area contributed by atoms with Crippen LogP contribution in [0.3, 0.4) is 0 Å². The lowest BCUT2D eigenvalue weighted by Gasteiger charge is -2.19. The third-order valence-electron chi connectivity index (χ3n) is 2.40. The summed E-state index contributed by atoms with van der Waals surface area (Å²) in [4.78, 5) is 24.2. The lowest BCUT2D eigenvalue weighted by Crippen LogP contribution is -2.31. The highest BCUT2D eigenvalue weighted by Gasteiger charge is 2.36. The lowest BCUT2D eigenvalue weighted by molar-refractivity contribution is -0.159. The van der Waals surface area contributed by atoms with Crippen molar-refractivity contribution < 1.29 is 19.1 Å². The molecule has 0 aliphatic rings. The Morgan fingerprint density at radius 1 is 1.35 bits per heavy atom. The van der Waals surface area contributed by atoms with Crippen LogP contribution in [-0.4, -0.2) is 26.2 Å². The molecule has 0 bridgehead atoms. The summed E-state index contributed by atoms with van der Waals surface area (Å²) in [5.74, 6) is -2.65. The van der Waals surface area contributed by atoms with E-state index in [-0.39, 0.29) is 0 Å². The molecule has 5 heteroatoms. The zero-order valence-corrected chi connectivity index (χ0v) is 10.5. The summed E-state index contributed by atoms with van der Waals surface area (Å²) < 4.78 is 9.27. The number of ether oxygens (including phenoxy) is 2. The predicted molar refractivity (Wildman–Crippen MR) is 64.8 cm³/mol. The Hall–Kier alpha value is -1.62. The molecular weight excluding hydrogens is 240 g/mol. The van der Waals surface area contributed by atoms with Crippen molar-refractivity contribution in [1.82, 2.24) is 0 Å². The van der Waals surface area contributed by atoms with E-state index in [9.17, 15) is 9.59 Å². The second kappa shape index (κ2) is 6.20. The van der Waals surface area contributed by atoms with Crippen LogP contribution in [-0.2, 0) is 19.1 Å². The molecule has 4 nitrogen and oxygen atoms in total. The van der Waals surface area contributed by atoms with Gasteiger partial charge in [-0.05, 0) is 11.4 Å². The van der Waals surface area contributed by atoms with Gasteiger partial charge in [-0.15, -0.1) is 17.9 Å². The van der Waals surface area contributed by atoms with Gasteiger partial charge in [0.15, 0.2) is 5.92 Å². The van der Waals surface area contributed by atoms with E-state index in [1.54, 1.807) is 6.08 Å². The Bertz CT molecular complexity index is 381. The Labute approximate surface area is 104 Å². The topological polar surface area (TPSA) is 52.6 Å². The molecule has 92 valence electrons. The highest BCUT2D eigenvalue weighted by atomic mass is 32.1. The third-order valence-corrected chi connectivity index (χ3v) is 3.37. The SMILES string of the molecule is C=CC(c1cccs1)C(C(=O)OC)C(=O)OC. The number of rotatable bonds is 5.